The smallest absolute Gasteiger partial charge is 0.335 e. The first kappa shape index (κ1) is 18.3. The van der Waals surface area contributed by atoms with Crippen molar-refractivity contribution >= 4 is 17.8 Å². The quantitative estimate of drug-likeness (QED) is 0.656. The van der Waals surface area contributed by atoms with Crippen LogP contribution in [0, 0.1) is 0 Å². The Hall–Kier alpha value is -3.50. The molecule has 0 aliphatic heterocycles. The van der Waals surface area contributed by atoms with Gasteiger partial charge in [0.15, 0.2) is 5.78 Å². The summed E-state index contributed by atoms with van der Waals surface area (Å²) in [7, 11) is 0. The molecule has 0 spiro atoms. The summed E-state index contributed by atoms with van der Waals surface area (Å²) in [6, 6.07) is 24.6. The SMILES string of the molecule is NC(C(=O)/C=C/c1ccccc1)(c1ccccc1)c1ccc(C(=O)O)cc1. The van der Waals surface area contributed by atoms with Crippen LogP contribution in [0.1, 0.15) is 27.0 Å². The largest absolute Gasteiger partial charge is 0.478 e. The van der Waals surface area contributed by atoms with Gasteiger partial charge in [0.1, 0.15) is 5.54 Å². The molecule has 0 radical (unpaired) electrons. The second-order valence-corrected chi connectivity index (χ2v) is 6.16. The molecule has 0 bridgehead atoms. The van der Waals surface area contributed by atoms with Crippen molar-refractivity contribution in [3.8, 4) is 0 Å². The number of nitrogens with two attached hydrogens (primary N) is 1. The molecule has 134 valence electrons. The maximum Gasteiger partial charge on any atom is 0.335 e. The van der Waals surface area contributed by atoms with E-state index >= 15 is 0 Å². The number of carboxylic acids is 1. The van der Waals surface area contributed by atoms with Gasteiger partial charge >= 0.3 is 5.97 Å². The van der Waals surface area contributed by atoms with Crippen molar-refractivity contribution in [3.63, 3.8) is 0 Å². The summed E-state index contributed by atoms with van der Waals surface area (Å²) in [5.41, 5.74) is 7.41. The Morgan fingerprint density at radius 2 is 1.30 bits per heavy atom. The van der Waals surface area contributed by atoms with Crippen LogP contribution in [0.5, 0.6) is 0 Å². The van der Waals surface area contributed by atoms with Crippen LogP contribution in [0.15, 0.2) is 91.0 Å². The number of carbonyl (C=O) groups is 2. The van der Waals surface area contributed by atoms with Gasteiger partial charge in [0.25, 0.3) is 0 Å². The van der Waals surface area contributed by atoms with Gasteiger partial charge in [-0.05, 0) is 34.9 Å². The molecule has 0 heterocycles. The van der Waals surface area contributed by atoms with E-state index in [9.17, 15) is 9.59 Å². The number of benzene rings is 3. The summed E-state index contributed by atoms with van der Waals surface area (Å²) >= 11 is 0. The molecule has 27 heavy (non-hydrogen) atoms. The van der Waals surface area contributed by atoms with Crippen LogP contribution in [-0.2, 0) is 10.3 Å². The van der Waals surface area contributed by atoms with Crippen molar-refractivity contribution in [1.29, 1.82) is 0 Å². The Labute approximate surface area is 157 Å². The van der Waals surface area contributed by atoms with E-state index in [0.717, 1.165) is 5.56 Å². The monoisotopic (exact) mass is 357 g/mol. The number of aromatic carboxylic acids is 1. The third-order valence-corrected chi connectivity index (χ3v) is 4.43. The van der Waals surface area contributed by atoms with E-state index < -0.39 is 11.5 Å². The average molecular weight is 357 g/mol. The molecule has 0 amide bonds. The van der Waals surface area contributed by atoms with Gasteiger partial charge in [0.05, 0.1) is 5.56 Å². The van der Waals surface area contributed by atoms with Crippen LogP contribution < -0.4 is 5.73 Å². The number of rotatable bonds is 6. The topological polar surface area (TPSA) is 80.4 Å². The van der Waals surface area contributed by atoms with E-state index in [4.69, 9.17) is 10.8 Å². The van der Waals surface area contributed by atoms with E-state index in [0.29, 0.717) is 11.1 Å². The fraction of sp³-hybridized carbons (Fsp3) is 0.0435. The van der Waals surface area contributed by atoms with Crippen LogP contribution in [-0.4, -0.2) is 16.9 Å². The minimum Gasteiger partial charge on any atom is -0.478 e. The molecule has 0 aliphatic rings. The van der Waals surface area contributed by atoms with Crippen LogP contribution in [0.4, 0.5) is 0 Å². The summed E-state index contributed by atoms with van der Waals surface area (Å²) < 4.78 is 0. The molecule has 3 aromatic carbocycles. The van der Waals surface area contributed by atoms with Gasteiger partial charge in [0.2, 0.25) is 0 Å². The van der Waals surface area contributed by atoms with E-state index in [2.05, 4.69) is 0 Å². The number of hydrogen-bond donors (Lipinski definition) is 2. The first-order valence-electron chi connectivity index (χ1n) is 8.47. The number of ketones is 1. The molecule has 0 aromatic heterocycles. The Balaban J connectivity index is 2.04. The molecule has 4 nitrogen and oxygen atoms in total. The van der Waals surface area contributed by atoms with Crippen molar-refractivity contribution in [1.82, 2.24) is 0 Å². The number of hydrogen-bond acceptors (Lipinski definition) is 3. The van der Waals surface area contributed by atoms with Gasteiger partial charge in [-0.25, -0.2) is 4.79 Å². The lowest BCUT2D eigenvalue weighted by Crippen LogP contribution is -2.45. The third-order valence-electron chi connectivity index (χ3n) is 4.43. The van der Waals surface area contributed by atoms with Crippen LogP contribution in [0.25, 0.3) is 6.08 Å². The highest BCUT2D eigenvalue weighted by Gasteiger charge is 2.36. The second-order valence-electron chi connectivity index (χ2n) is 6.16. The molecule has 0 saturated heterocycles. The van der Waals surface area contributed by atoms with Crippen molar-refractivity contribution < 1.29 is 14.7 Å². The van der Waals surface area contributed by atoms with E-state index in [-0.39, 0.29) is 11.3 Å². The molecule has 0 saturated carbocycles. The standard InChI is InChI=1S/C23H19NO3/c24-23(19-9-5-2-6-10-19,20-14-12-18(13-15-20)22(26)27)21(25)16-11-17-7-3-1-4-8-17/h1-16H,24H2,(H,26,27)/b16-11+. The van der Waals surface area contributed by atoms with Gasteiger partial charge in [-0.2, -0.15) is 0 Å². The fourth-order valence-electron chi connectivity index (χ4n) is 2.90. The zero-order valence-corrected chi connectivity index (χ0v) is 14.6. The molecular weight excluding hydrogens is 338 g/mol. The summed E-state index contributed by atoms with van der Waals surface area (Å²) in [6.07, 6.45) is 3.19. The highest BCUT2D eigenvalue weighted by molar-refractivity contribution is 6.04. The molecule has 1 atom stereocenters. The van der Waals surface area contributed by atoms with Crippen LogP contribution in [0.2, 0.25) is 0 Å². The summed E-state index contributed by atoms with van der Waals surface area (Å²) in [5.74, 6) is -1.32. The first-order chi connectivity index (χ1) is 13.0. The lowest BCUT2D eigenvalue weighted by molar-refractivity contribution is -0.118. The third kappa shape index (κ3) is 3.86. The molecular formula is C23H19NO3. The van der Waals surface area contributed by atoms with E-state index in [1.807, 2.05) is 48.5 Å². The first-order valence-corrected chi connectivity index (χ1v) is 8.47. The molecule has 0 aliphatic carbocycles. The van der Waals surface area contributed by atoms with Gasteiger partial charge in [0, 0.05) is 0 Å². The van der Waals surface area contributed by atoms with Crippen molar-refractivity contribution in [2.75, 3.05) is 0 Å². The Morgan fingerprint density at radius 3 is 1.85 bits per heavy atom. The maximum absolute atomic E-state index is 13.1. The Morgan fingerprint density at radius 1 is 0.778 bits per heavy atom. The normalized spacial score (nSPS) is 13.2. The number of carbonyl (C=O) groups excluding carboxylic acids is 1. The van der Waals surface area contributed by atoms with Gasteiger partial charge in [-0.1, -0.05) is 78.9 Å². The zero-order valence-electron chi connectivity index (χ0n) is 14.6. The number of carboxylic acid groups (broad SMARTS) is 1. The fourth-order valence-corrected chi connectivity index (χ4v) is 2.90. The maximum atomic E-state index is 13.1. The predicted molar refractivity (Wildman–Crippen MR) is 105 cm³/mol. The second kappa shape index (κ2) is 7.81. The van der Waals surface area contributed by atoms with Crippen LogP contribution >= 0.6 is 0 Å². The minimum absolute atomic E-state index is 0.140. The molecule has 0 fully saturated rings. The minimum atomic E-state index is -1.41. The van der Waals surface area contributed by atoms with Crippen LogP contribution in [0.3, 0.4) is 0 Å². The Kier molecular flexibility index (Phi) is 5.29. The summed E-state index contributed by atoms with van der Waals surface area (Å²) in [6.45, 7) is 0. The van der Waals surface area contributed by atoms with Crippen molar-refractivity contribution in [2.45, 2.75) is 5.54 Å². The van der Waals surface area contributed by atoms with E-state index in [1.54, 1.807) is 30.3 Å². The van der Waals surface area contributed by atoms with Crippen molar-refractivity contribution in [2.24, 2.45) is 5.73 Å². The van der Waals surface area contributed by atoms with E-state index in [1.165, 1.54) is 18.2 Å². The molecule has 4 heteroatoms. The highest BCUT2D eigenvalue weighted by atomic mass is 16.4. The molecule has 1 unspecified atom stereocenters. The molecule has 3 N–H and O–H groups in total. The van der Waals surface area contributed by atoms with Gasteiger partial charge in [-0.3, -0.25) is 4.79 Å². The van der Waals surface area contributed by atoms with Crippen molar-refractivity contribution in [3.05, 3.63) is 113 Å². The Bertz CT molecular complexity index is 964. The van der Waals surface area contributed by atoms with Gasteiger partial charge < -0.3 is 10.8 Å². The lowest BCUT2D eigenvalue weighted by atomic mass is 9.79. The summed E-state index contributed by atoms with van der Waals surface area (Å²) in [4.78, 5) is 24.2. The zero-order chi connectivity index (χ0) is 19.3. The average Bonchev–Trinajstić information content (AvgIpc) is 2.73. The molecule has 3 aromatic rings. The predicted octanol–water partition coefficient (Wildman–Crippen LogP) is 3.87. The lowest BCUT2D eigenvalue weighted by Gasteiger charge is -2.28. The summed E-state index contributed by atoms with van der Waals surface area (Å²) in [5, 5.41) is 9.11. The van der Waals surface area contributed by atoms with Gasteiger partial charge in [-0.15, -0.1) is 0 Å². The highest BCUT2D eigenvalue weighted by Crippen LogP contribution is 2.29. The molecule has 3 rings (SSSR count).